The Balaban J connectivity index is 1.92. The maximum Gasteiger partial charge on any atom is 0.416 e. The number of nitrogen functional groups attached to an aromatic ring is 1. The molecule has 0 amide bonds. The molecule has 0 atom stereocenters. The summed E-state index contributed by atoms with van der Waals surface area (Å²) >= 11 is 0. The molecular weight excluding hydrogens is 397 g/mol. The summed E-state index contributed by atoms with van der Waals surface area (Å²) in [7, 11) is 0. The Morgan fingerprint density at radius 2 is 1.43 bits per heavy atom. The molecule has 0 fully saturated rings. The third-order valence-corrected chi connectivity index (χ3v) is 5.34. The number of nitrogens with one attached hydrogen (secondary N) is 1. The SMILES string of the molecule is Nc1c2c(c3[nH]c4cc(C(F)(F)F)ccc4cc-3c1=O)C(=O)c1ccccc1C2=O. The highest BCUT2D eigenvalue weighted by molar-refractivity contribution is 6.32. The van der Waals surface area contributed by atoms with Crippen LogP contribution in [0.3, 0.4) is 0 Å². The van der Waals surface area contributed by atoms with Gasteiger partial charge < -0.3 is 10.7 Å². The fourth-order valence-corrected chi connectivity index (χ4v) is 3.90. The summed E-state index contributed by atoms with van der Waals surface area (Å²) in [6, 6.07) is 10.5. The molecule has 148 valence electrons. The summed E-state index contributed by atoms with van der Waals surface area (Å²) in [6.07, 6.45) is -4.56. The minimum Gasteiger partial charge on any atom is -0.395 e. The quantitative estimate of drug-likeness (QED) is 0.299. The minimum absolute atomic E-state index is 0.0103. The molecule has 1 aliphatic heterocycles. The van der Waals surface area contributed by atoms with E-state index in [0.717, 1.165) is 12.1 Å². The highest BCUT2D eigenvalue weighted by atomic mass is 19.4. The first-order chi connectivity index (χ1) is 14.2. The van der Waals surface area contributed by atoms with Crippen LogP contribution in [0, 0.1) is 0 Å². The largest absolute Gasteiger partial charge is 0.416 e. The molecule has 2 aliphatic carbocycles. The van der Waals surface area contributed by atoms with Crippen LogP contribution in [0.1, 0.15) is 37.4 Å². The van der Waals surface area contributed by atoms with Gasteiger partial charge in [0.15, 0.2) is 11.6 Å². The lowest BCUT2D eigenvalue weighted by molar-refractivity contribution is -0.137. The average molecular weight is 408 g/mol. The smallest absolute Gasteiger partial charge is 0.395 e. The molecule has 0 unspecified atom stereocenters. The van der Waals surface area contributed by atoms with Crippen molar-refractivity contribution in [1.82, 2.24) is 4.98 Å². The monoisotopic (exact) mass is 408 g/mol. The molecule has 0 saturated carbocycles. The van der Waals surface area contributed by atoms with E-state index in [9.17, 15) is 27.6 Å². The van der Waals surface area contributed by atoms with Crippen LogP contribution in [0.5, 0.6) is 0 Å². The van der Waals surface area contributed by atoms with E-state index in [-0.39, 0.29) is 44.7 Å². The molecule has 0 bridgehead atoms. The number of alkyl halides is 3. The van der Waals surface area contributed by atoms with Gasteiger partial charge in [-0.25, -0.2) is 0 Å². The van der Waals surface area contributed by atoms with Gasteiger partial charge in [0.1, 0.15) is 0 Å². The lowest BCUT2D eigenvalue weighted by atomic mass is 9.80. The predicted octanol–water partition coefficient (Wildman–Crippen LogP) is 4.01. The molecular formula is C22H11F3N2O3. The van der Waals surface area contributed by atoms with Gasteiger partial charge >= 0.3 is 6.18 Å². The average Bonchev–Trinajstić information content (AvgIpc) is 2.72. The molecule has 5 rings (SSSR count). The first-order valence-electron chi connectivity index (χ1n) is 8.86. The van der Waals surface area contributed by atoms with E-state index in [1.165, 1.54) is 24.3 Å². The number of H-pyrrole nitrogens is 1. The maximum absolute atomic E-state index is 13.2. The second-order valence-corrected chi connectivity index (χ2v) is 7.05. The number of benzene rings is 3. The summed E-state index contributed by atoms with van der Waals surface area (Å²) in [4.78, 5) is 41.8. The van der Waals surface area contributed by atoms with E-state index >= 15 is 0 Å². The highest BCUT2D eigenvalue weighted by Gasteiger charge is 2.37. The number of pyridine rings is 1. The maximum atomic E-state index is 13.2. The number of fused-ring (bicyclic) bond motifs is 5. The number of aromatic amines is 1. The molecule has 2 aromatic carbocycles. The molecule has 1 heterocycles. The molecule has 3 N–H and O–H groups in total. The van der Waals surface area contributed by atoms with Crippen LogP contribution in [-0.4, -0.2) is 16.6 Å². The van der Waals surface area contributed by atoms with Crippen molar-refractivity contribution in [3.05, 3.63) is 86.6 Å². The zero-order valence-corrected chi connectivity index (χ0v) is 15.1. The second kappa shape index (κ2) is 5.79. The van der Waals surface area contributed by atoms with Crippen molar-refractivity contribution in [2.24, 2.45) is 0 Å². The van der Waals surface area contributed by atoms with Gasteiger partial charge in [0.05, 0.1) is 28.1 Å². The number of halogens is 3. The fourth-order valence-electron chi connectivity index (χ4n) is 3.90. The van der Waals surface area contributed by atoms with Gasteiger partial charge in [-0.3, -0.25) is 14.4 Å². The first-order valence-corrected chi connectivity index (χ1v) is 8.86. The number of aromatic nitrogens is 1. The van der Waals surface area contributed by atoms with Crippen LogP contribution >= 0.6 is 0 Å². The van der Waals surface area contributed by atoms with Gasteiger partial charge in [-0.05, 0) is 23.6 Å². The molecule has 0 aromatic heterocycles. The number of nitrogens with two attached hydrogens (primary N) is 1. The second-order valence-electron chi connectivity index (χ2n) is 7.05. The third kappa shape index (κ3) is 2.33. The number of carbonyl (C=O) groups excluding carboxylic acids is 2. The zero-order chi connectivity index (χ0) is 21.4. The van der Waals surface area contributed by atoms with E-state index in [1.54, 1.807) is 12.1 Å². The van der Waals surface area contributed by atoms with Crippen molar-refractivity contribution in [3.63, 3.8) is 0 Å². The summed E-state index contributed by atoms with van der Waals surface area (Å²) in [5.74, 6) is -1.10. The lowest BCUT2D eigenvalue weighted by Gasteiger charge is -2.23. The van der Waals surface area contributed by atoms with Crippen LogP contribution in [0.4, 0.5) is 18.9 Å². The summed E-state index contributed by atoms with van der Waals surface area (Å²) in [5.41, 5.74) is 4.08. The first kappa shape index (κ1) is 18.1. The topological polar surface area (TPSA) is 93.0 Å². The van der Waals surface area contributed by atoms with Gasteiger partial charge in [0.2, 0.25) is 5.43 Å². The Kier molecular flexibility index (Phi) is 3.49. The fraction of sp³-hybridized carbons (Fsp3) is 0.0455. The summed E-state index contributed by atoms with van der Waals surface area (Å²) in [5, 5.41) is 0.335. The number of rotatable bonds is 0. The molecule has 5 nitrogen and oxygen atoms in total. The van der Waals surface area contributed by atoms with Crippen molar-refractivity contribution >= 4 is 28.2 Å². The number of hydrogen-bond donors (Lipinski definition) is 2. The van der Waals surface area contributed by atoms with Gasteiger partial charge in [-0.2, -0.15) is 13.2 Å². The van der Waals surface area contributed by atoms with Crippen LogP contribution < -0.4 is 11.2 Å². The highest BCUT2D eigenvalue weighted by Crippen LogP contribution is 2.38. The Hall–Kier alpha value is -3.94. The number of carbonyl (C=O) groups is 2. The van der Waals surface area contributed by atoms with Crippen molar-refractivity contribution in [2.45, 2.75) is 6.18 Å². The van der Waals surface area contributed by atoms with Crippen molar-refractivity contribution in [1.29, 1.82) is 0 Å². The summed E-state index contributed by atoms with van der Waals surface area (Å²) < 4.78 is 39.4. The molecule has 0 saturated heterocycles. The van der Waals surface area contributed by atoms with E-state index in [1.807, 2.05) is 0 Å². The Bertz CT molecular complexity index is 1450. The van der Waals surface area contributed by atoms with E-state index in [2.05, 4.69) is 4.98 Å². The normalized spacial score (nSPS) is 13.6. The van der Waals surface area contributed by atoms with Crippen molar-refractivity contribution in [3.8, 4) is 11.3 Å². The molecule has 0 radical (unpaired) electrons. The molecule has 2 aromatic rings. The Morgan fingerprint density at radius 3 is 2.07 bits per heavy atom. The van der Waals surface area contributed by atoms with Crippen LogP contribution in [-0.2, 0) is 6.18 Å². The lowest BCUT2D eigenvalue weighted by Crippen LogP contribution is -2.29. The Labute approximate surface area is 166 Å². The standard InChI is InChI=1S/C22H11F3N2O3/c23-22(24,25)10-6-5-9-7-13-18(27-14(9)8-10)16-15(17(26)21(13)30)19(28)11-3-1-2-4-12(11)20(16)29/h1-8,27H,26H2. The Morgan fingerprint density at radius 1 is 0.800 bits per heavy atom. The molecule has 0 spiro atoms. The van der Waals surface area contributed by atoms with Crippen LogP contribution in [0.2, 0.25) is 0 Å². The van der Waals surface area contributed by atoms with Gasteiger partial charge in [-0.1, -0.05) is 30.3 Å². The van der Waals surface area contributed by atoms with E-state index < -0.39 is 28.7 Å². The molecule has 3 aliphatic rings. The molecule has 8 heteroatoms. The third-order valence-electron chi connectivity index (χ3n) is 5.34. The van der Waals surface area contributed by atoms with Gasteiger partial charge in [0, 0.05) is 22.2 Å². The van der Waals surface area contributed by atoms with Gasteiger partial charge in [0.25, 0.3) is 0 Å². The predicted molar refractivity (Wildman–Crippen MR) is 104 cm³/mol. The van der Waals surface area contributed by atoms with Crippen molar-refractivity contribution < 1.29 is 22.8 Å². The van der Waals surface area contributed by atoms with E-state index in [4.69, 9.17) is 5.73 Å². The van der Waals surface area contributed by atoms with Crippen LogP contribution in [0.25, 0.3) is 22.2 Å². The van der Waals surface area contributed by atoms with Crippen LogP contribution in [0.15, 0.2) is 53.3 Å². The van der Waals surface area contributed by atoms with Gasteiger partial charge in [-0.15, -0.1) is 0 Å². The number of hydrogen-bond acceptors (Lipinski definition) is 4. The number of ketones is 2. The van der Waals surface area contributed by atoms with E-state index in [0.29, 0.717) is 5.39 Å². The zero-order valence-electron chi connectivity index (χ0n) is 15.1. The minimum atomic E-state index is -4.56. The summed E-state index contributed by atoms with van der Waals surface area (Å²) in [6.45, 7) is 0. The molecule has 30 heavy (non-hydrogen) atoms. The van der Waals surface area contributed by atoms with Crippen molar-refractivity contribution in [2.75, 3.05) is 5.73 Å². The number of anilines is 1.